The van der Waals surface area contributed by atoms with Crippen molar-refractivity contribution in [3.63, 3.8) is 0 Å². The van der Waals surface area contributed by atoms with Gasteiger partial charge in [-0.15, -0.1) is 0 Å². The van der Waals surface area contributed by atoms with Crippen molar-refractivity contribution in [3.05, 3.63) is 87.6 Å². The summed E-state index contributed by atoms with van der Waals surface area (Å²) < 4.78 is 1.53. The van der Waals surface area contributed by atoms with Crippen LogP contribution in [0.1, 0.15) is 60.5 Å². The van der Waals surface area contributed by atoms with E-state index in [1.54, 1.807) is 24.7 Å². The quantitative estimate of drug-likeness (QED) is 0.341. The fraction of sp³-hybridized carbons (Fsp3) is 0.407. The Morgan fingerprint density at radius 2 is 1.74 bits per heavy atom. The maximum Gasteiger partial charge on any atom is 0.251 e. The number of aromatic nitrogens is 2. The summed E-state index contributed by atoms with van der Waals surface area (Å²) in [6.45, 7) is 7.93. The fourth-order valence-electron chi connectivity index (χ4n) is 4.49. The van der Waals surface area contributed by atoms with Crippen molar-refractivity contribution in [2.45, 2.75) is 71.6 Å². The summed E-state index contributed by atoms with van der Waals surface area (Å²) in [5.74, 6) is 0. The fourth-order valence-corrected chi connectivity index (χ4v) is 4.49. The lowest BCUT2D eigenvalue weighted by Crippen LogP contribution is -2.43. The standard InChI is InChI=1S/C27H35N3O4/c1-5-7-23(30-11-10-17(2)12-24(30)31)27(34)29-22(14-25(32)33)20-13-21(16-28-15-20)26-18(3)8-6-9-19(26)4/h6,8-13,15-16,22-23,25,27,29,32-34H,5,7,14H2,1-4H3/t22-,23-,27?/m0/s1. The lowest BCUT2D eigenvalue weighted by atomic mass is 9.94. The third-order valence-electron chi connectivity index (χ3n) is 6.16. The molecule has 34 heavy (non-hydrogen) atoms. The summed E-state index contributed by atoms with van der Waals surface area (Å²) in [7, 11) is 0. The van der Waals surface area contributed by atoms with E-state index in [9.17, 15) is 20.1 Å². The molecule has 0 aliphatic rings. The molecule has 0 aliphatic heterocycles. The number of pyridine rings is 2. The average Bonchev–Trinajstić information content (AvgIpc) is 2.77. The number of benzene rings is 1. The Morgan fingerprint density at radius 3 is 2.35 bits per heavy atom. The van der Waals surface area contributed by atoms with Gasteiger partial charge in [-0.1, -0.05) is 31.5 Å². The van der Waals surface area contributed by atoms with Gasteiger partial charge in [0.05, 0.1) is 6.04 Å². The summed E-state index contributed by atoms with van der Waals surface area (Å²) in [6, 6.07) is 10.3. The van der Waals surface area contributed by atoms with Gasteiger partial charge in [0, 0.05) is 42.7 Å². The lowest BCUT2D eigenvalue weighted by Gasteiger charge is -2.30. The van der Waals surface area contributed by atoms with Crippen molar-refractivity contribution in [1.82, 2.24) is 14.9 Å². The van der Waals surface area contributed by atoms with Crippen LogP contribution in [0.15, 0.2) is 59.8 Å². The van der Waals surface area contributed by atoms with Gasteiger partial charge >= 0.3 is 0 Å². The molecule has 0 fully saturated rings. The molecule has 2 aromatic heterocycles. The van der Waals surface area contributed by atoms with Crippen molar-refractivity contribution in [2.24, 2.45) is 0 Å². The first-order valence-electron chi connectivity index (χ1n) is 11.7. The molecular weight excluding hydrogens is 430 g/mol. The van der Waals surface area contributed by atoms with E-state index in [0.717, 1.165) is 39.8 Å². The molecule has 7 nitrogen and oxygen atoms in total. The van der Waals surface area contributed by atoms with E-state index in [1.165, 1.54) is 4.57 Å². The lowest BCUT2D eigenvalue weighted by molar-refractivity contribution is -0.0574. The molecule has 2 heterocycles. The zero-order chi connectivity index (χ0) is 24.8. The van der Waals surface area contributed by atoms with Crippen molar-refractivity contribution in [3.8, 4) is 11.1 Å². The van der Waals surface area contributed by atoms with Crippen LogP contribution >= 0.6 is 0 Å². The van der Waals surface area contributed by atoms with Crippen LogP contribution in [0, 0.1) is 20.8 Å². The minimum absolute atomic E-state index is 0.0451. The number of aryl methyl sites for hydroxylation is 3. The maximum absolute atomic E-state index is 12.6. The highest BCUT2D eigenvalue weighted by atomic mass is 16.5. The molecule has 182 valence electrons. The monoisotopic (exact) mass is 465 g/mol. The van der Waals surface area contributed by atoms with E-state index in [-0.39, 0.29) is 12.0 Å². The largest absolute Gasteiger partial charge is 0.376 e. The zero-order valence-corrected chi connectivity index (χ0v) is 20.3. The predicted octanol–water partition coefficient (Wildman–Crippen LogP) is 3.53. The molecule has 0 saturated heterocycles. The van der Waals surface area contributed by atoms with Gasteiger partial charge in [0.15, 0.2) is 6.29 Å². The topological polar surface area (TPSA) is 108 Å². The van der Waals surface area contributed by atoms with E-state index in [2.05, 4.69) is 10.3 Å². The van der Waals surface area contributed by atoms with Gasteiger partial charge in [-0.25, -0.2) is 0 Å². The molecule has 0 aliphatic carbocycles. The summed E-state index contributed by atoms with van der Waals surface area (Å²) in [4.78, 5) is 17.0. The molecular formula is C27H35N3O4. The minimum atomic E-state index is -1.58. The molecule has 3 atom stereocenters. The smallest absolute Gasteiger partial charge is 0.251 e. The van der Waals surface area contributed by atoms with Crippen molar-refractivity contribution in [1.29, 1.82) is 0 Å². The highest BCUT2D eigenvalue weighted by Gasteiger charge is 2.26. The van der Waals surface area contributed by atoms with Gasteiger partial charge in [0.2, 0.25) is 0 Å². The Morgan fingerprint density at radius 1 is 1.03 bits per heavy atom. The summed E-state index contributed by atoms with van der Waals surface area (Å²) >= 11 is 0. The van der Waals surface area contributed by atoms with E-state index >= 15 is 0 Å². The van der Waals surface area contributed by atoms with Crippen LogP contribution in [0.25, 0.3) is 11.1 Å². The molecule has 7 heteroatoms. The number of hydrogen-bond donors (Lipinski definition) is 4. The van der Waals surface area contributed by atoms with Crippen LogP contribution in [-0.4, -0.2) is 37.4 Å². The van der Waals surface area contributed by atoms with Gasteiger partial charge in [0.1, 0.15) is 6.23 Å². The first-order chi connectivity index (χ1) is 16.2. The molecule has 0 bridgehead atoms. The molecule has 3 rings (SSSR count). The number of nitrogens with one attached hydrogen (secondary N) is 1. The van der Waals surface area contributed by atoms with E-state index < -0.39 is 24.6 Å². The Balaban J connectivity index is 1.95. The van der Waals surface area contributed by atoms with E-state index in [1.807, 2.05) is 58.0 Å². The number of nitrogens with zero attached hydrogens (tertiary/aromatic N) is 2. The van der Waals surface area contributed by atoms with Crippen LogP contribution in [-0.2, 0) is 0 Å². The highest BCUT2D eigenvalue weighted by molar-refractivity contribution is 5.70. The zero-order valence-electron chi connectivity index (χ0n) is 20.3. The average molecular weight is 466 g/mol. The summed E-state index contributed by atoms with van der Waals surface area (Å²) in [5.41, 5.74) is 5.63. The molecule has 0 radical (unpaired) electrons. The Labute approximate surface area is 200 Å². The summed E-state index contributed by atoms with van der Waals surface area (Å²) in [6.07, 6.45) is 3.77. The first-order valence-corrected chi connectivity index (χ1v) is 11.7. The second-order valence-corrected chi connectivity index (χ2v) is 8.96. The Hall–Kier alpha value is -2.84. The normalized spacial score (nSPS) is 14.2. The van der Waals surface area contributed by atoms with Gasteiger partial charge in [-0.2, -0.15) is 0 Å². The van der Waals surface area contributed by atoms with Gasteiger partial charge < -0.3 is 19.9 Å². The van der Waals surface area contributed by atoms with E-state index in [0.29, 0.717) is 6.42 Å². The minimum Gasteiger partial charge on any atom is -0.376 e. The SMILES string of the molecule is CCC[C@@H](C(O)N[C@@H](CC(O)O)c1cncc(-c2c(C)cccc2C)c1)n1ccc(C)cc1=O. The Kier molecular flexibility index (Phi) is 8.74. The van der Waals surface area contributed by atoms with Gasteiger partial charge in [-0.05, 0) is 67.1 Å². The van der Waals surface area contributed by atoms with Crippen molar-refractivity contribution < 1.29 is 15.3 Å². The molecule has 0 saturated carbocycles. The van der Waals surface area contributed by atoms with Crippen molar-refractivity contribution >= 4 is 0 Å². The second kappa shape index (κ2) is 11.5. The number of hydrogen-bond acceptors (Lipinski definition) is 6. The third-order valence-corrected chi connectivity index (χ3v) is 6.16. The number of rotatable bonds is 10. The van der Waals surface area contributed by atoms with Crippen molar-refractivity contribution in [2.75, 3.05) is 0 Å². The van der Waals surface area contributed by atoms with Crippen LogP contribution in [0.3, 0.4) is 0 Å². The molecule has 3 aromatic rings. The first kappa shape index (κ1) is 25.8. The predicted molar refractivity (Wildman–Crippen MR) is 133 cm³/mol. The Bertz CT molecular complexity index is 1140. The third kappa shape index (κ3) is 6.18. The highest BCUT2D eigenvalue weighted by Crippen LogP contribution is 2.30. The number of aliphatic hydroxyl groups excluding tert-OH is 2. The maximum atomic E-state index is 12.6. The summed E-state index contributed by atoms with van der Waals surface area (Å²) in [5, 5.41) is 33.8. The van der Waals surface area contributed by atoms with Crippen LogP contribution < -0.4 is 10.9 Å². The van der Waals surface area contributed by atoms with Crippen LogP contribution in [0.4, 0.5) is 0 Å². The van der Waals surface area contributed by atoms with Crippen LogP contribution in [0.2, 0.25) is 0 Å². The molecule has 0 amide bonds. The van der Waals surface area contributed by atoms with Crippen LogP contribution in [0.5, 0.6) is 0 Å². The molecule has 1 aromatic carbocycles. The van der Waals surface area contributed by atoms with E-state index in [4.69, 9.17) is 0 Å². The van der Waals surface area contributed by atoms with Gasteiger partial charge in [0.25, 0.3) is 5.56 Å². The molecule has 0 spiro atoms. The second-order valence-electron chi connectivity index (χ2n) is 8.96. The van der Waals surface area contributed by atoms with Gasteiger partial charge in [-0.3, -0.25) is 15.1 Å². The number of aliphatic hydroxyl groups is 3. The molecule has 1 unspecified atom stereocenters. The molecule has 4 N–H and O–H groups in total.